The van der Waals surface area contributed by atoms with Crippen LogP contribution in [0.4, 0.5) is 5.69 Å². The van der Waals surface area contributed by atoms with E-state index in [9.17, 15) is 9.59 Å². The summed E-state index contributed by atoms with van der Waals surface area (Å²) in [6.45, 7) is 2.23. The van der Waals surface area contributed by atoms with E-state index in [2.05, 4.69) is 22.9 Å². The Kier molecular flexibility index (Phi) is 4.41. The van der Waals surface area contributed by atoms with Crippen molar-refractivity contribution < 1.29 is 14.3 Å². The van der Waals surface area contributed by atoms with Crippen LogP contribution in [0.15, 0.2) is 64.3 Å². The van der Waals surface area contributed by atoms with Gasteiger partial charge in [0.1, 0.15) is 6.61 Å². The van der Waals surface area contributed by atoms with Gasteiger partial charge in [0.2, 0.25) is 5.91 Å². The van der Waals surface area contributed by atoms with E-state index in [4.69, 9.17) is 4.74 Å². The second kappa shape index (κ2) is 6.72. The highest BCUT2D eigenvalue weighted by atomic mass is 79.9. The fourth-order valence-corrected chi connectivity index (χ4v) is 4.06. The summed E-state index contributed by atoms with van der Waals surface area (Å²) in [5, 5.41) is 0. The van der Waals surface area contributed by atoms with Crippen molar-refractivity contribution in [3.63, 3.8) is 0 Å². The van der Waals surface area contributed by atoms with Gasteiger partial charge in [-0.2, -0.15) is 0 Å². The number of hydrogen-bond donors (Lipinski definition) is 0. The number of benzene rings is 2. The molecule has 1 atom stereocenters. The van der Waals surface area contributed by atoms with E-state index < -0.39 is 0 Å². The van der Waals surface area contributed by atoms with Gasteiger partial charge in [-0.25, -0.2) is 4.79 Å². The van der Waals surface area contributed by atoms with E-state index in [1.165, 1.54) is 5.56 Å². The van der Waals surface area contributed by atoms with Crippen molar-refractivity contribution in [3.8, 4) is 0 Å². The van der Waals surface area contributed by atoms with Gasteiger partial charge in [0.05, 0.1) is 11.3 Å². The number of hydrogen-bond acceptors (Lipinski definition) is 3. The van der Waals surface area contributed by atoms with Gasteiger partial charge in [0.25, 0.3) is 0 Å². The van der Waals surface area contributed by atoms with Gasteiger partial charge in [-0.15, -0.1) is 0 Å². The number of halogens is 1. The summed E-state index contributed by atoms with van der Waals surface area (Å²) >= 11 is 3.47. The highest BCUT2D eigenvalue weighted by Gasteiger charge is 2.42. The van der Waals surface area contributed by atoms with Crippen molar-refractivity contribution in [2.75, 3.05) is 11.5 Å². The molecule has 2 aliphatic rings. The number of cyclic esters (lactones) is 1. The van der Waals surface area contributed by atoms with Gasteiger partial charge in [0, 0.05) is 22.5 Å². The zero-order valence-corrected chi connectivity index (χ0v) is 16.0. The minimum atomic E-state index is -0.326. The number of amides is 1. The molecule has 5 heteroatoms. The number of carbonyl (C=O) groups is 2. The first-order valence-corrected chi connectivity index (χ1v) is 9.45. The van der Waals surface area contributed by atoms with Crippen molar-refractivity contribution in [1.82, 2.24) is 0 Å². The summed E-state index contributed by atoms with van der Waals surface area (Å²) in [5.41, 5.74) is 4.20. The highest BCUT2D eigenvalue weighted by molar-refractivity contribution is 9.10. The Morgan fingerprint density at radius 1 is 1.15 bits per heavy atom. The molecule has 0 bridgehead atoms. The number of esters is 1. The molecule has 1 amide bonds. The number of nitrogens with zero attached hydrogens (tertiary/aromatic N) is 1. The molecule has 2 aliphatic heterocycles. The molecule has 2 aromatic carbocycles. The predicted octanol–water partition coefficient (Wildman–Crippen LogP) is 4.34. The zero-order chi connectivity index (χ0) is 18.3. The molecular formula is C21H18BrNO3. The molecule has 0 N–H and O–H groups in total. The number of ether oxygens (including phenoxy) is 1. The molecular weight excluding hydrogens is 394 g/mol. The quantitative estimate of drug-likeness (QED) is 0.705. The maximum absolute atomic E-state index is 13.0. The standard InChI is InChI=1S/C21H18BrNO3/c1-2-13-6-8-16(9-7-13)23-18-12-26-21(25)20(18)17(11-19(23)24)14-4-3-5-15(22)10-14/h3-10,17H,2,11-12H2,1H3. The van der Waals surface area contributed by atoms with Crippen LogP contribution in [0.2, 0.25) is 0 Å². The lowest BCUT2D eigenvalue weighted by molar-refractivity contribution is -0.136. The Hall–Kier alpha value is -2.40. The third kappa shape index (κ3) is 2.86. The maximum atomic E-state index is 13.0. The monoisotopic (exact) mass is 411 g/mol. The fraction of sp³-hybridized carbons (Fsp3) is 0.238. The Morgan fingerprint density at radius 2 is 1.92 bits per heavy atom. The lowest BCUT2D eigenvalue weighted by Gasteiger charge is -2.32. The molecule has 0 saturated heterocycles. The smallest absolute Gasteiger partial charge is 0.336 e. The van der Waals surface area contributed by atoms with Gasteiger partial charge < -0.3 is 4.74 Å². The van der Waals surface area contributed by atoms with Crippen molar-refractivity contribution in [2.45, 2.75) is 25.7 Å². The number of anilines is 1. The summed E-state index contributed by atoms with van der Waals surface area (Å²) in [4.78, 5) is 27.1. The van der Waals surface area contributed by atoms with Gasteiger partial charge in [0.15, 0.2) is 0 Å². The largest absolute Gasteiger partial charge is 0.456 e. The average molecular weight is 412 g/mol. The van der Waals surface area contributed by atoms with Crippen LogP contribution in [-0.4, -0.2) is 18.5 Å². The molecule has 1 unspecified atom stereocenters. The highest BCUT2D eigenvalue weighted by Crippen LogP contribution is 2.42. The minimum absolute atomic E-state index is 0.0173. The van der Waals surface area contributed by atoms with Crippen LogP contribution in [0.1, 0.15) is 30.4 Å². The van der Waals surface area contributed by atoms with Crippen molar-refractivity contribution in [2.24, 2.45) is 0 Å². The molecule has 26 heavy (non-hydrogen) atoms. The second-order valence-corrected chi connectivity index (χ2v) is 7.41. The molecule has 4 nitrogen and oxygen atoms in total. The predicted molar refractivity (Wildman–Crippen MR) is 103 cm³/mol. The maximum Gasteiger partial charge on any atom is 0.336 e. The average Bonchev–Trinajstić information content (AvgIpc) is 3.03. The molecule has 0 radical (unpaired) electrons. The van der Waals surface area contributed by atoms with Crippen LogP contribution in [0.5, 0.6) is 0 Å². The molecule has 2 heterocycles. The fourth-order valence-electron chi connectivity index (χ4n) is 3.64. The van der Waals surface area contributed by atoms with Crippen LogP contribution in [0.25, 0.3) is 0 Å². The lowest BCUT2D eigenvalue weighted by Crippen LogP contribution is -2.37. The SMILES string of the molecule is CCc1ccc(N2C(=O)CC(c3cccc(Br)c3)C3=C2COC3=O)cc1. The Balaban J connectivity index is 1.80. The van der Waals surface area contributed by atoms with Gasteiger partial charge >= 0.3 is 5.97 Å². The molecule has 0 aromatic heterocycles. The van der Waals surface area contributed by atoms with Crippen molar-refractivity contribution >= 4 is 33.5 Å². The first-order valence-electron chi connectivity index (χ1n) is 8.66. The van der Waals surface area contributed by atoms with Crippen LogP contribution < -0.4 is 4.90 Å². The van der Waals surface area contributed by atoms with Crippen LogP contribution in [0, 0.1) is 0 Å². The van der Waals surface area contributed by atoms with E-state index in [0.717, 1.165) is 22.1 Å². The molecule has 0 spiro atoms. The van der Waals surface area contributed by atoms with Gasteiger partial charge in [-0.3, -0.25) is 9.69 Å². The Labute approximate surface area is 160 Å². The van der Waals surface area contributed by atoms with Crippen molar-refractivity contribution in [1.29, 1.82) is 0 Å². The normalized spacial score (nSPS) is 19.6. The van der Waals surface area contributed by atoms with Gasteiger partial charge in [-0.05, 0) is 41.8 Å². The summed E-state index contributed by atoms with van der Waals surface area (Å²) in [5.74, 6) is -0.611. The molecule has 0 saturated carbocycles. The molecule has 132 valence electrons. The van der Waals surface area contributed by atoms with Crippen LogP contribution in [0.3, 0.4) is 0 Å². The lowest BCUT2D eigenvalue weighted by atomic mass is 9.84. The first-order chi connectivity index (χ1) is 12.6. The second-order valence-electron chi connectivity index (χ2n) is 6.50. The number of rotatable bonds is 3. The summed E-state index contributed by atoms with van der Waals surface area (Å²) in [7, 11) is 0. The summed E-state index contributed by atoms with van der Waals surface area (Å²) < 4.78 is 6.23. The topological polar surface area (TPSA) is 46.6 Å². The summed E-state index contributed by atoms with van der Waals surface area (Å²) in [6, 6.07) is 15.7. The van der Waals surface area contributed by atoms with Gasteiger partial charge in [-0.1, -0.05) is 47.1 Å². The third-order valence-corrected chi connectivity index (χ3v) is 5.46. The van der Waals surface area contributed by atoms with E-state index >= 15 is 0 Å². The van der Waals surface area contributed by atoms with E-state index in [-0.39, 0.29) is 30.8 Å². The van der Waals surface area contributed by atoms with E-state index in [0.29, 0.717) is 11.3 Å². The molecule has 0 aliphatic carbocycles. The van der Waals surface area contributed by atoms with E-state index in [1.54, 1.807) is 4.90 Å². The van der Waals surface area contributed by atoms with Crippen LogP contribution >= 0.6 is 15.9 Å². The number of aryl methyl sites for hydroxylation is 1. The third-order valence-electron chi connectivity index (χ3n) is 4.97. The molecule has 2 aromatic rings. The molecule has 0 fully saturated rings. The minimum Gasteiger partial charge on any atom is -0.456 e. The first kappa shape index (κ1) is 17.0. The Bertz CT molecular complexity index is 917. The summed E-state index contributed by atoms with van der Waals surface area (Å²) in [6.07, 6.45) is 1.19. The van der Waals surface area contributed by atoms with Crippen LogP contribution in [-0.2, 0) is 20.7 Å². The van der Waals surface area contributed by atoms with E-state index in [1.807, 2.05) is 48.5 Å². The van der Waals surface area contributed by atoms with Crippen molar-refractivity contribution in [3.05, 3.63) is 75.4 Å². The zero-order valence-electron chi connectivity index (χ0n) is 14.4. The molecule has 4 rings (SSSR count). The Morgan fingerprint density at radius 3 is 2.62 bits per heavy atom. The number of carbonyl (C=O) groups excluding carboxylic acids is 2.